The summed E-state index contributed by atoms with van der Waals surface area (Å²) in [6, 6.07) is 9.07. The number of benzene rings is 1. The van der Waals surface area contributed by atoms with Crippen molar-refractivity contribution in [2.24, 2.45) is 0 Å². The topological polar surface area (TPSA) is 29.9 Å². The molecule has 2 atom stereocenters. The first-order chi connectivity index (χ1) is 7.24. The lowest BCUT2D eigenvalue weighted by molar-refractivity contribution is 0.394. The fourth-order valence-electron chi connectivity index (χ4n) is 1.77. The van der Waals surface area contributed by atoms with Crippen molar-refractivity contribution in [3.05, 3.63) is 30.5 Å². The van der Waals surface area contributed by atoms with Gasteiger partial charge in [0.05, 0.1) is 17.8 Å². The number of hydrogen-bond donors (Lipinski definition) is 1. The van der Waals surface area contributed by atoms with E-state index in [-0.39, 0.29) is 0 Å². The summed E-state index contributed by atoms with van der Waals surface area (Å²) in [6.45, 7) is 4.35. The second-order valence-electron chi connectivity index (χ2n) is 3.97. The van der Waals surface area contributed by atoms with E-state index in [1.165, 1.54) is 10.9 Å². The third-order valence-electron chi connectivity index (χ3n) is 3.07. The smallest absolute Gasteiger partial charge is 0.0686 e. The number of nitrogens with one attached hydrogen (secondary N) is 1. The number of likely N-dealkylation sites (N-methyl/N-ethyl adjacent to an activating group) is 1. The van der Waals surface area contributed by atoms with Crippen molar-refractivity contribution in [2.75, 3.05) is 7.05 Å². The van der Waals surface area contributed by atoms with Crippen LogP contribution in [0.4, 0.5) is 0 Å². The highest BCUT2D eigenvalue weighted by Crippen LogP contribution is 2.19. The summed E-state index contributed by atoms with van der Waals surface area (Å²) >= 11 is 0. The maximum atomic E-state index is 4.44. The number of rotatable bonds is 3. The summed E-state index contributed by atoms with van der Waals surface area (Å²) < 4.78 is 2.08. The number of aromatic nitrogens is 2. The summed E-state index contributed by atoms with van der Waals surface area (Å²) in [5, 5.41) is 8.90. The Morgan fingerprint density at radius 1 is 1.27 bits per heavy atom. The van der Waals surface area contributed by atoms with E-state index in [2.05, 4.69) is 47.1 Å². The van der Waals surface area contributed by atoms with Crippen molar-refractivity contribution in [2.45, 2.75) is 25.9 Å². The Morgan fingerprint density at radius 3 is 2.73 bits per heavy atom. The van der Waals surface area contributed by atoms with E-state index in [4.69, 9.17) is 0 Å². The van der Waals surface area contributed by atoms with Crippen molar-refractivity contribution in [3.63, 3.8) is 0 Å². The van der Waals surface area contributed by atoms with E-state index in [1.54, 1.807) is 0 Å². The van der Waals surface area contributed by atoms with E-state index < -0.39 is 0 Å². The molecule has 1 aromatic carbocycles. The van der Waals surface area contributed by atoms with Gasteiger partial charge in [-0.2, -0.15) is 5.10 Å². The summed E-state index contributed by atoms with van der Waals surface area (Å²) in [5.41, 5.74) is 1.20. The number of hydrogen-bond acceptors (Lipinski definition) is 2. The van der Waals surface area contributed by atoms with Gasteiger partial charge in [0.2, 0.25) is 0 Å². The Balaban J connectivity index is 2.43. The molecule has 1 N–H and O–H groups in total. The molecule has 2 unspecified atom stereocenters. The maximum Gasteiger partial charge on any atom is 0.0686 e. The van der Waals surface area contributed by atoms with E-state index in [1.807, 2.05) is 19.3 Å². The fourth-order valence-corrected chi connectivity index (χ4v) is 1.77. The van der Waals surface area contributed by atoms with Crippen LogP contribution < -0.4 is 5.32 Å². The van der Waals surface area contributed by atoms with Gasteiger partial charge in [0.25, 0.3) is 0 Å². The van der Waals surface area contributed by atoms with Gasteiger partial charge in [-0.3, -0.25) is 4.68 Å². The SMILES string of the molecule is CNC(C)C(C)n1ncc2ccccc21. The Labute approximate surface area is 90.1 Å². The van der Waals surface area contributed by atoms with Crippen LogP contribution in [0.25, 0.3) is 10.9 Å². The van der Waals surface area contributed by atoms with Crippen LogP contribution in [0.3, 0.4) is 0 Å². The molecule has 15 heavy (non-hydrogen) atoms. The fraction of sp³-hybridized carbons (Fsp3) is 0.417. The molecule has 1 aromatic heterocycles. The van der Waals surface area contributed by atoms with E-state index >= 15 is 0 Å². The Kier molecular flexibility index (Phi) is 2.73. The van der Waals surface area contributed by atoms with Gasteiger partial charge in [-0.15, -0.1) is 0 Å². The van der Waals surface area contributed by atoms with Crippen LogP contribution in [0, 0.1) is 0 Å². The summed E-state index contributed by atoms with van der Waals surface area (Å²) in [7, 11) is 1.98. The molecule has 0 fully saturated rings. The lowest BCUT2D eigenvalue weighted by Crippen LogP contribution is -2.31. The molecule has 0 aliphatic heterocycles. The maximum absolute atomic E-state index is 4.44. The average molecular weight is 203 g/mol. The van der Waals surface area contributed by atoms with Crippen molar-refractivity contribution in [3.8, 4) is 0 Å². The van der Waals surface area contributed by atoms with Crippen LogP contribution in [0.2, 0.25) is 0 Å². The predicted molar refractivity (Wildman–Crippen MR) is 63.0 cm³/mol. The molecule has 3 nitrogen and oxygen atoms in total. The molecule has 0 saturated heterocycles. The number of fused-ring (bicyclic) bond motifs is 1. The Hall–Kier alpha value is -1.35. The standard InChI is InChI=1S/C12H17N3/c1-9(13-3)10(2)15-12-7-5-4-6-11(12)8-14-15/h4-10,13H,1-3H3. The molecule has 0 radical (unpaired) electrons. The normalized spacial score (nSPS) is 15.4. The zero-order chi connectivity index (χ0) is 10.8. The molecule has 0 aliphatic rings. The zero-order valence-corrected chi connectivity index (χ0v) is 9.44. The Morgan fingerprint density at radius 2 is 2.00 bits per heavy atom. The average Bonchev–Trinajstić information content (AvgIpc) is 2.70. The zero-order valence-electron chi connectivity index (χ0n) is 9.44. The third-order valence-corrected chi connectivity index (χ3v) is 3.07. The van der Waals surface area contributed by atoms with Gasteiger partial charge in [-0.1, -0.05) is 18.2 Å². The summed E-state index contributed by atoms with van der Waals surface area (Å²) in [6.07, 6.45) is 1.92. The van der Waals surface area contributed by atoms with Crippen molar-refractivity contribution in [1.29, 1.82) is 0 Å². The highest BCUT2D eigenvalue weighted by Gasteiger charge is 2.14. The van der Waals surface area contributed by atoms with E-state index in [0.717, 1.165) is 0 Å². The monoisotopic (exact) mass is 203 g/mol. The molecule has 2 rings (SSSR count). The molecule has 0 bridgehead atoms. The third kappa shape index (κ3) is 1.75. The van der Waals surface area contributed by atoms with Gasteiger partial charge in [0.15, 0.2) is 0 Å². The van der Waals surface area contributed by atoms with Gasteiger partial charge >= 0.3 is 0 Å². The van der Waals surface area contributed by atoms with Crippen molar-refractivity contribution < 1.29 is 0 Å². The van der Waals surface area contributed by atoms with Gasteiger partial charge in [-0.05, 0) is 27.0 Å². The second kappa shape index (κ2) is 4.03. The summed E-state index contributed by atoms with van der Waals surface area (Å²) in [4.78, 5) is 0. The molecule has 2 aromatic rings. The molecule has 0 amide bonds. The lowest BCUT2D eigenvalue weighted by Gasteiger charge is -2.20. The highest BCUT2D eigenvalue weighted by atomic mass is 15.3. The first kappa shape index (κ1) is 10.2. The molecule has 3 heteroatoms. The largest absolute Gasteiger partial charge is 0.315 e. The number of para-hydroxylation sites is 1. The van der Waals surface area contributed by atoms with Gasteiger partial charge in [0, 0.05) is 11.4 Å². The molecule has 0 saturated carbocycles. The molecule has 1 heterocycles. The highest BCUT2D eigenvalue weighted by molar-refractivity contribution is 5.78. The first-order valence-electron chi connectivity index (χ1n) is 5.33. The van der Waals surface area contributed by atoms with Gasteiger partial charge in [-0.25, -0.2) is 0 Å². The minimum atomic E-state index is 0.356. The molecular formula is C12H17N3. The molecule has 0 spiro atoms. The Bertz CT molecular complexity index is 447. The number of nitrogens with zero attached hydrogens (tertiary/aromatic N) is 2. The molecular weight excluding hydrogens is 186 g/mol. The van der Waals surface area contributed by atoms with E-state index in [9.17, 15) is 0 Å². The van der Waals surface area contributed by atoms with Gasteiger partial charge < -0.3 is 5.32 Å². The van der Waals surface area contributed by atoms with Gasteiger partial charge in [0.1, 0.15) is 0 Å². The van der Waals surface area contributed by atoms with Crippen LogP contribution >= 0.6 is 0 Å². The van der Waals surface area contributed by atoms with E-state index in [0.29, 0.717) is 12.1 Å². The van der Waals surface area contributed by atoms with Crippen LogP contribution in [-0.2, 0) is 0 Å². The minimum absolute atomic E-state index is 0.356. The van der Waals surface area contributed by atoms with Crippen LogP contribution in [0.5, 0.6) is 0 Å². The molecule has 0 aliphatic carbocycles. The second-order valence-corrected chi connectivity index (χ2v) is 3.97. The molecule has 80 valence electrons. The van der Waals surface area contributed by atoms with Crippen LogP contribution in [-0.4, -0.2) is 22.9 Å². The summed E-state index contributed by atoms with van der Waals surface area (Å²) in [5.74, 6) is 0. The van der Waals surface area contributed by atoms with Crippen LogP contribution in [0.1, 0.15) is 19.9 Å². The van der Waals surface area contributed by atoms with Crippen molar-refractivity contribution >= 4 is 10.9 Å². The predicted octanol–water partition coefficient (Wildman–Crippen LogP) is 2.21. The van der Waals surface area contributed by atoms with Crippen molar-refractivity contribution in [1.82, 2.24) is 15.1 Å². The quantitative estimate of drug-likeness (QED) is 0.828. The first-order valence-corrected chi connectivity index (χ1v) is 5.33. The lowest BCUT2D eigenvalue weighted by atomic mass is 10.1. The van der Waals surface area contributed by atoms with Crippen LogP contribution in [0.15, 0.2) is 30.5 Å². The minimum Gasteiger partial charge on any atom is -0.315 e.